The fraction of sp³-hybridized carbons (Fsp3) is 0.567. The maximum absolute atomic E-state index is 15.3. The van der Waals surface area contributed by atoms with Crippen LogP contribution in [0.4, 0.5) is 0 Å². The molecular formula is C97H139BrN26O17. The summed E-state index contributed by atoms with van der Waals surface area (Å²) in [5, 5.41) is 65.0. The van der Waals surface area contributed by atoms with Crippen LogP contribution in [0.1, 0.15) is 192 Å². The highest BCUT2D eigenvalue weighted by atomic mass is 79.9. The lowest BCUT2D eigenvalue weighted by atomic mass is 9.84. The second kappa shape index (κ2) is 52.7. The van der Waals surface area contributed by atoms with Crippen molar-refractivity contribution in [2.75, 3.05) is 52.4 Å². The number of carboxylic acids is 1. The van der Waals surface area contributed by atoms with E-state index in [1.807, 2.05) is 54.6 Å². The van der Waals surface area contributed by atoms with Crippen LogP contribution in [0.5, 0.6) is 0 Å². The van der Waals surface area contributed by atoms with Crippen LogP contribution in [-0.2, 0) is 102 Å². The average Bonchev–Trinajstić information content (AvgIpc) is 1.62. The fourth-order valence-electron chi connectivity index (χ4n) is 18.7. The van der Waals surface area contributed by atoms with E-state index in [1.54, 1.807) is 44.3 Å². The molecule has 5 fully saturated rings. The van der Waals surface area contributed by atoms with Crippen molar-refractivity contribution in [3.8, 4) is 11.1 Å². The topological polar surface area (TPSA) is 655 Å². The molecular weight excluding hydrogens is 1880 g/mol. The molecule has 4 saturated heterocycles. The number of nitrogens with two attached hydrogens (primary N) is 3. The molecule has 0 bridgehead atoms. The number of fused-ring (bicyclic) bond motifs is 1. The number of imidazole rings is 2. The number of primary amides is 1. The quantitative estimate of drug-likeness (QED) is 0.0110. The molecule has 766 valence electrons. The van der Waals surface area contributed by atoms with E-state index in [0.717, 1.165) is 34.1 Å². The van der Waals surface area contributed by atoms with Gasteiger partial charge in [-0.15, -0.1) is 0 Å². The number of hydrogen-bond acceptors (Lipinski definition) is 21. The van der Waals surface area contributed by atoms with Crippen LogP contribution in [0.25, 0.3) is 11.1 Å². The van der Waals surface area contributed by atoms with Crippen molar-refractivity contribution in [1.29, 1.82) is 10.8 Å². The monoisotopic (exact) mass is 2020 g/mol. The van der Waals surface area contributed by atoms with Gasteiger partial charge in [-0.05, 0) is 202 Å². The van der Waals surface area contributed by atoms with Gasteiger partial charge in [0, 0.05) is 93.4 Å². The summed E-state index contributed by atoms with van der Waals surface area (Å²) in [6, 6.07) is 9.14. The molecule has 1 aliphatic carbocycles. The number of halogens is 1. The summed E-state index contributed by atoms with van der Waals surface area (Å²) in [5.74, 6) is -14.1. The Morgan fingerprint density at radius 2 is 1.09 bits per heavy atom. The zero-order valence-corrected chi connectivity index (χ0v) is 82.5. The van der Waals surface area contributed by atoms with Gasteiger partial charge in [-0.25, -0.2) is 14.8 Å². The van der Waals surface area contributed by atoms with Gasteiger partial charge in [0.2, 0.25) is 88.6 Å². The number of carbonyl (C=O) groups excluding carboxylic acids is 15. The van der Waals surface area contributed by atoms with E-state index in [9.17, 15) is 53.1 Å². The third-order valence-electron chi connectivity index (χ3n) is 26.6. The van der Waals surface area contributed by atoms with Crippen LogP contribution in [0.2, 0.25) is 0 Å². The predicted molar refractivity (Wildman–Crippen MR) is 525 cm³/mol. The Morgan fingerprint density at radius 1 is 0.532 bits per heavy atom. The minimum Gasteiger partial charge on any atom is -0.480 e. The lowest BCUT2D eigenvalue weighted by molar-refractivity contribution is -0.145. The lowest BCUT2D eigenvalue weighted by Crippen LogP contribution is -2.63. The van der Waals surface area contributed by atoms with Crippen LogP contribution < -0.4 is 91.6 Å². The molecule has 0 spiro atoms. The molecule has 6 heterocycles. The highest BCUT2D eigenvalue weighted by Gasteiger charge is 2.50. The largest absolute Gasteiger partial charge is 0.480 e. The molecule has 43 nitrogen and oxygen atoms in total. The number of benzene rings is 3. The molecule has 0 unspecified atom stereocenters. The fourth-order valence-corrected chi connectivity index (χ4v) is 19.0. The standard InChI is InChI=1S/C97H139BrN26O17/c1-56(2)45-69(115-81(128)66(21-14-39-109-95(102)103)113-85(132)75-23-15-43-122(75)88(135)68(20-12-13-38-108-94(100)101)114-82(129)67(33-34-78(99)125)119-92(140)96(3,4)91(139)107-42-37-64-51-105-54-111-64)84(131)121-97(5,6)93(141)120-71(50-65-52-106-55-112-65)83(130)116-70(46-59-35-40-104-41-36-59)80(127)110-53-79(126)124-74-22-11-10-19-62(74)49-77(124)87(134)117-72(47-58-27-31-63(98)32-28-58)89(136)123-44-16-24-76(123)86(133)118-73(90(137)138)48-57-25-29-61(30-26-57)60-17-8-7-9-18-60/h7-9,17-18,25-32,51-52,54-56,59,62,66-77,104H,10-16,19-24,33-50,53H2,1-6H3,(H2,99,125)(H,105,111)(H,106,112)(H,107,139)(H,110,127)(H,113,132)(H,114,129)(H,115,128)(H,116,130)(H,117,134)(H,118,133)(H,119,140)(H,120,141)(H,121,131)(H,137,138)(H4,100,101,108)(H4,102,103,109)/t62-,66+,67-,68-,69-,70-,71-,72-,73+,74-,75-,76-,77-/m0/s1. The maximum atomic E-state index is 15.3. The van der Waals surface area contributed by atoms with Gasteiger partial charge in [0.25, 0.3) is 0 Å². The van der Waals surface area contributed by atoms with Gasteiger partial charge in [-0.2, -0.15) is 0 Å². The van der Waals surface area contributed by atoms with E-state index in [-0.39, 0.29) is 152 Å². The Balaban J connectivity index is 0.806. The number of guanidine groups is 2. The van der Waals surface area contributed by atoms with Gasteiger partial charge in [0.05, 0.1) is 24.9 Å². The molecule has 4 aliphatic heterocycles. The average molecular weight is 2020 g/mol. The number of carboxylic acid groups (broad SMARTS) is 1. The minimum absolute atomic E-state index is 0.00303. The first-order valence-electron chi connectivity index (χ1n) is 48.7. The minimum atomic E-state index is -1.89. The lowest BCUT2D eigenvalue weighted by Gasteiger charge is -2.35. The van der Waals surface area contributed by atoms with Crippen LogP contribution >= 0.6 is 15.9 Å². The zero-order valence-electron chi connectivity index (χ0n) is 80.9. The molecule has 141 heavy (non-hydrogen) atoms. The smallest absolute Gasteiger partial charge is 0.326 e. The van der Waals surface area contributed by atoms with Gasteiger partial charge >= 0.3 is 5.97 Å². The number of carbonyl (C=O) groups is 16. The number of aliphatic carboxylic acids is 1. The highest BCUT2D eigenvalue weighted by Crippen LogP contribution is 2.40. The summed E-state index contributed by atoms with van der Waals surface area (Å²) < 4.78 is 0.757. The number of likely N-dealkylation sites (tertiary alicyclic amines) is 3. The summed E-state index contributed by atoms with van der Waals surface area (Å²) in [5.41, 5.74) is 17.3. The first-order valence-corrected chi connectivity index (χ1v) is 49.5. The van der Waals surface area contributed by atoms with Gasteiger partial charge in [-0.3, -0.25) is 82.7 Å². The Kier molecular flexibility index (Phi) is 41.0. The summed E-state index contributed by atoms with van der Waals surface area (Å²) in [4.78, 5) is 250. The molecule has 2 aromatic heterocycles. The third kappa shape index (κ3) is 32.6. The van der Waals surface area contributed by atoms with Crippen molar-refractivity contribution in [3.63, 3.8) is 0 Å². The van der Waals surface area contributed by atoms with Crippen molar-refractivity contribution in [1.82, 2.24) is 109 Å². The summed E-state index contributed by atoms with van der Waals surface area (Å²) in [6.45, 7) is 10.1. The summed E-state index contributed by atoms with van der Waals surface area (Å²) in [7, 11) is 0. The number of rotatable bonds is 51. The van der Waals surface area contributed by atoms with E-state index < -0.39 is 191 Å². The van der Waals surface area contributed by atoms with Crippen molar-refractivity contribution in [2.24, 2.45) is 40.4 Å². The van der Waals surface area contributed by atoms with Gasteiger partial charge in [0.1, 0.15) is 77.4 Å². The van der Waals surface area contributed by atoms with Crippen LogP contribution in [0.15, 0.2) is 108 Å². The maximum Gasteiger partial charge on any atom is 0.326 e. The summed E-state index contributed by atoms with van der Waals surface area (Å²) in [6.07, 6.45) is 11.0. The van der Waals surface area contributed by atoms with Crippen molar-refractivity contribution >= 4 is 122 Å². The number of piperidine rings is 1. The predicted octanol–water partition coefficient (Wildman–Crippen LogP) is 0.709. The second-order valence-corrected chi connectivity index (χ2v) is 39.5. The Bertz CT molecular complexity index is 5160. The molecule has 5 aliphatic rings. The van der Waals surface area contributed by atoms with E-state index in [0.29, 0.717) is 74.9 Å². The molecule has 44 heteroatoms. The first-order chi connectivity index (χ1) is 67.2. The van der Waals surface area contributed by atoms with Crippen LogP contribution in [-0.4, -0.2) is 277 Å². The number of aromatic nitrogens is 4. The van der Waals surface area contributed by atoms with Gasteiger partial charge < -0.3 is 121 Å². The highest BCUT2D eigenvalue weighted by molar-refractivity contribution is 9.10. The Hall–Kier alpha value is -13.4. The zero-order chi connectivity index (χ0) is 102. The Labute approximate surface area is 828 Å². The molecule has 13 atom stereocenters. The number of nitrogens with zero attached hydrogens (tertiary/aromatic N) is 5. The van der Waals surface area contributed by atoms with Crippen molar-refractivity contribution in [2.45, 2.75) is 274 Å². The van der Waals surface area contributed by atoms with E-state index >= 15 is 28.8 Å². The molecule has 15 amide bonds. The van der Waals surface area contributed by atoms with E-state index in [2.05, 4.69) is 110 Å². The van der Waals surface area contributed by atoms with E-state index in [4.69, 9.17) is 28.0 Å². The van der Waals surface area contributed by atoms with Gasteiger partial charge in [0.15, 0.2) is 11.9 Å². The SMILES string of the molecule is CC(C)C[C@H](NC(=O)[C@@H](CCCNC(=N)N)NC(=O)[C@@H]1CCCN1C(=O)[C@H](CCCCNC(=N)N)NC(=O)[C@H](CCC(N)=O)NC(=O)C(C)(C)C(=O)NCCc1cnc[nH]1)C(=O)NC(C)(C)C(=O)N[C@@H](Cc1c[nH]cn1)C(=O)N[C@@H](CC1CCNCC1)C(=O)NCC(=O)N1[C@H](C(=O)N[C@@H](Cc2ccc(Br)cc2)C(=O)N2CCC[C@H]2C(=O)N[C@H](Cc2ccc(-c3ccccc3)cc2)C(=O)O)C[C@@H]2CCCC[C@@H]21. The molecule has 3 aromatic carbocycles. The summed E-state index contributed by atoms with van der Waals surface area (Å²) >= 11 is 3.48. The molecule has 1 saturated carbocycles. The van der Waals surface area contributed by atoms with E-state index in [1.165, 1.54) is 61.2 Å². The number of aromatic amines is 2. The van der Waals surface area contributed by atoms with Crippen molar-refractivity contribution < 1.29 is 81.8 Å². The molecule has 10 rings (SSSR count). The number of unbranched alkanes of at least 4 members (excludes halogenated alkanes) is 1. The van der Waals surface area contributed by atoms with Crippen LogP contribution in [0.3, 0.4) is 0 Å². The third-order valence-corrected chi connectivity index (χ3v) is 27.1. The number of hydrogen-bond donors (Lipinski definition) is 22. The second-order valence-electron chi connectivity index (χ2n) is 38.6. The Morgan fingerprint density at radius 3 is 1.70 bits per heavy atom. The molecule has 5 aromatic rings. The van der Waals surface area contributed by atoms with Crippen LogP contribution in [0, 0.1) is 34.0 Å². The molecule has 25 N–H and O–H groups in total. The number of H-pyrrole nitrogens is 2. The first kappa shape index (κ1) is 110. The normalized spacial score (nSPS) is 18.7. The van der Waals surface area contributed by atoms with Crippen molar-refractivity contribution in [3.05, 3.63) is 131 Å². The molecule has 0 radical (unpaired) electrons. The number of amides is 15. The van der Waals surface area contributed by atoms with Gasteiger partial charge in [-0.1, -0.05) is 109 Å². The number of nitrogens with one attached hydrogen (secondary N) is 18.